The molecule has 0 unspecified atom stereocenters. The first-order valence-electron chi connectivity index (χ1n) is 10.1. The minimum atomic E-state index is -0.0752. The van der Waals surface area contributed by atoms with Crippen LogP contribution in [-0.2, 0) is 11.3 Å². The number of nitrogens with zero attached hydrogens (tertiary/aromatic N) is 7. The molecule has 0 bridgehead atoms. The SMILES string of the molecule is CCn1c(-c2cnc(C)nc2)nc2c(O[C@H]3CCN(C(=O)C4CC4)C3)ncnc21. The quantitative estimate of drug-likeness (QED) is 0.654. The Balaban J connectivity index is 1.44. The van der Waals surface area contributed by atoms with E-state index in [0.29, 0.717) is 30.3 Å². The van der Waals surface area contributed by atoms with Crippen LogP contribution < -0.4 is 4.74 Å². The Labute approximate surface area is 168 Å². The molecule has 4 heterocycles. The van der Waals surface area contributed by atoms with Gasteiger partial charge < -0.3 is 14.2 Å². The average molecular weight is 393 g/mol. The minimum Gasteiger partial charge on any atom is -0.471 e. The number of aryl methyl sites for hydroxylation is 2. The number of amides is 1. The molecular formula is C20H23N7O2. The zero-order valence-corrected chi connectivity index (χ0v) is 16.6. The second-order valence-electron chi connectivity index (χ2n) is 7.64. The van der Waals surface area contributed by atoms with Crippen molar-refractivity contribution in [1.29, 1.82) is 0 Å². The molecule has 9 heteroatoms. The van der Waals surface area contributed by atoms with Crippen molar-refractivity contribution in [2.45, 2.75) is 45.8 Å². The van der Waals surface area contributed by atoms with Crippen molar-refractivity contribution in [1.82, 2.24) is 34.4 Å². The van der Waals surface area contributed by atoms with E-state index in [4.69, 9.17) is 9.72 Å². The van der Waals surface area contributed by atoms with Gasteiger partial charge in [-0.15, -0.1) is 0 Å². The Morgan fingerprint density at radius 1 is 1.17 bits per heavy atom. The third-order valence-electron chi connectivity index (χ3n) is 5.52. The molecule has 1 saturated carbocycles. The highest BCUT2D eigenvalue weighted by Crippen LogP contribution is 2.33. The summed E-state index contributed by atoms with van der Waals surface area (Å²) in [5.74, 6) is 2.41. The molecular weight excluding hydrogens is 370 g/mol. The highest BCUT2D eigenvalue weighted by molar-refractivity contribution is 5.82. The van der Waals surface area contributed by atoms with E-state index in [0.717, 1.165) is 42.8 Å². The smallest absolute Gasteiger partial charge is 0.245 e. The predicted octanol–water partition coefficient (Wildman–Crippen LogP) is 2.00. The molecule has 2 fully saturated rings. The lowest BCUT2D eigenvalue weighted by Gasteiger charge is -2.16. The molecule has 0 N–H and O–H groups in total. The first-order chi connectivity index (χ1) is 14.1. The molecule has 1 aliphatic carbocycles. The predicted molar refractivity (Wildman–Crippen MR) is 105 cm³/mol. The minimum absolute atomic E-state index is 0.0752. The maximum atomic E-state index is 12.3. The van der Waals surface area contributed by atoms with Gasteiger partial charge in [0.2, 0.25) is 11.8 Å². The molecule has 1 amide bonds. The number of fused-ring (bicyclic) bond motifs is 1. The van der Waals surface area contributed by atoms with E-state index < -0.39 is 0 Å². The van der Waals surface area contributed by atoms with E-state index in [2.05, 4.69) is 19.9 Å². The van der Waals surface area contributed by atoms with Gasteiger partial charge in [0, 0.05) is 37.8 Å². The van der Waals surface area contributed by atoms with Gasteiger partial charge in [-0.3, -0.25) is 4.79 Å². The lowest BCUT2D eigenvalue weighted by molar-refractivity contribution is -0.131. The lowest BCUT2D eigenvalue weighted by Crippen LogP contribution is -2.32. The molecule has 1 saturated heterocycles. The molecule has 9 nitrogen and oxygen atoms in total. The lowest BCUT2D eigenvalue weighted by atomic mass is 10.3. The van der Waals surface area contributed by atoms with Crippen molar-refractivity contribution in [3.63, 3.8) is 0 Å². The van der Waals surface area contributed by atoms with Crippen molar-refractivity contribution in [2.24, 2.45) is 5.92 Å². The van der Waals surface area contributed by atoms with Crippen LogP contribution in [0.25, 0.3) is 22.6 Å². The molecule has 0 aromatic carbocycles. The number of carbonyl (C=O) groups is 1. The second kappa shape index (κ2) is 7.06. The maximum Gasteiger partial charge on any atom is 0.245 e. The number of aromatic nitrogens is 6. The normalized spacial score (nSPS) is 19.1. The van der Waals surface area contributed by atoms with Gasteiger partial charge in [0.15, 0.2) is 11.2 Å². The molecule has 1 atom stereocenters. The van der Waals surface area contributed by atoms with Gasteiger partial charge in [0.05, 0.1) is 12.1 Å². The number of ether oxygens (including phenoxy) is 1. The van der Waals surface area contributed by atoms with Gasteiger partial charge in [-0.25, -0.2) is 19.9 Å². The topological polar surface area (TPSA) is 98.9 Å². The van der Waals surface area contributed by atoms with Gasteiger partial charge in [0.25, 0.3) is 0 Å². The van der Waals surface area contributed by atoms with Crippen LogP contribution in [-0.4, -0.2) is 59.5 Å². The van der Waals surface area contributed by atoms with Gasteiger partial charge in [-0.2, -0.15) is 4.98 Å². The highest BCUT2D eigenvalue weighted by Gasteiger charge is 2.37. The molecule has 3 aromatic heterocycles. The zero-order valence-electron chi connectivity index (χ0n) is 16.6. The fourth-order valence-corrected chi connectivity index (χ4v) is 3.80. The van der Waals surface area contributed by atoms with E-state index >= 15 is 0 Å². The van der Waals surface area contributed by atoms with Crippen LogP contribution in [0.4, 0.5) is 0 Å². The standard InChI is InChI=1S/C20H23N7O2/c1-3-27-17(14-8-21-12(2)22-9-14)25-16-18(27)23-11-24-19(16)29-15-6-7-26(10-15)20(28)13-4-5-13/h8-9,11,13,15H,3-7,10H2,1-2H3/t15-/m0/s1. The molecule has 3 aromatic rings. The molecule has 5 rings (SSSR count). The fourth-order valence-electron chi connectivity index (χ4n) is 3.80. The first kappa shape index (κ1) is 18.0. The van der Waals surface area contributed by atoms with Crippen LogP contribution in [0, 0.1) is 12.8 Å². The Morgan fingerprint density at radius 3 is 2.69 bits per heavy atom. The van der Waals surface area contributed by atoms with Crippen LogP contribution in [0.1, 0.15) is 32.0 Å². The highest BCUT2D eigenvalue weighted by atomic mass is 16.5. The Morgan fingerprint density at radius 2 is 1.97 bits per heavy atom. The maximum absolute atomic E-state index is 12.3. The summed E-state index contributed by atoms with van der Waals surface area (Å²) in [5, 5.41) is 0. The first-order valence-corrected chi connectivity index (χ1v) is 10.1. The van der Waals surface area contributed by atoms with Crippen molar-refractivity contribution in [3.8, 4) is 17.3 Å². The number of imidazole rings is 1. The van der Waals surface area contributed by atoms with E-state index in [-0.39, 0.29) is 17.9 Å². The summed E-state index contributed by atoms with van der Waals surface area (Å²) >= 11 is 0. The molecule has 29 heavy (non-hydrogen) atoms. The third-order valence-corrected chi connectivity index (χ3v) is 5.52. The van der Waals surface area contributed by atoms with Crippen LogP contribution in [0.2, 0.25) is 0 Å². The zero-order chi connectivity index (χ0) is 20.0. The summed E-state index contributed by atoms with van der Waals surface area (Å²) in [6.45, 7) is 5.93. The summed E-state index contributed by atoms with van der Waals surface area (Å²) in [4.78, 5) is 36.3. The molecule has 0 radical (unpaired) electrons. The number of hydrogen-bond acceptors (Lipinski definition) is 7. The Hall–Kier alpha value is -3.10. The van der Waals surface area contributed by atoms with Crippen LogP contribution in [0.3, 0.4) is 0 Å². The monoisotopic (exact) mass is 393 g/mol. The van der Waals surface area contributed by atoms with E-state index in [1.807, 2.05) is 23.3 Å². The van der Waals surface area contributed by atoms with E-state index in [1.165, 1.54) is 6.33 Å². The van der Waals surface area contributed by atoms with Crippen LogP contribution >= 0.6 is 0 Å². The average Bonchev–Trinajstić information content (AvgIpc) is 3.36. The summed E-state index contributed by atoms with van der Waals surface area (Å²) in [7, 11) is 0. The van der Waals surface area contributed by atoms with E-state index in [9.17, 15) is 4.79 Å². The molecule has 1 aliphatic heterocycles. The molecule has 0 spiro atoms. The molecule has 150 valence electrons. The van der Waals surface area contributed by atoms with Crippen molar-refractivity contribution in [3.05, 3.63) is 24.5 Å². The summed E-state index contributed by atoms with van der Waals surface area (Å²) < 4.78 is 8.19. The Kier molecular flexibility index (Phi) is 4.37. The largest absolute Gasteiger partial charge is 0.471 e. The third kappa shape index (κ3) is 3.30. The van der Waals surface area contributed by atoms with Crippen molar-refractivity contribution < 1.29 is 9.53 Å². The summed E-state index contributed by atoms with van der Waals surface area (Å²) in [6.07, 6.45) is 7.80. The van der Waals surface area contributed by atoms with Crippen LogP contribution in [0.5, 0.6) is 5.88 Å². The van der Waals surface area contributed by atoms with Gasteiger partial charge in [0.1, 0.15) is 24.1 Å². The second-order valence-corrected chi connectivity index (χ2v) is 7.64. The fraction of sp³-hybridized carbons (Fsp3) is 0.500. The van der Waals surface area contributed by atoms with Crippen molar-refractivity contribution >= 4 is 17.1 Å². The number of likely N-dealkylation sites (tertiary alicyclic amines) is 1. The van der Waals surface area contributed by atoms with E-state index in [1.54, 1.807) is 12.4 Å². The molecule has 2 aliphatic rings. The van der Waals surface area contributed by atoms with Gasteiger partial charge >= 0.3 is 0 Å². The summed E-state index contributed by atoms with van der Waals surface area (Å²) in [5.41, 5.74) is 2.16. The van der Waals surface area contributed by atoms with Gasteiger partial charge in [-0.1, -0.05) is 0 Å². The Bertz CT molecular complexity index is 1060. The number of rotatable bonds is 5. The van der Waals surface area contributed by atoms with Crippen LogP contribution in [0.15, 0.2) is 18.7 Å². The number of hydrogen-bond donors (Lipinski definition) is 0. The van der Waals surface area contributed by atoms with Crippen molar-refractivity contribution in [2.75, 3.05) is 13.1 Å². The van der Waals surface area contributed by atoms with Gasteiger partial charge in [-0.05, 0) is 26.7 Å². The summed E-state index contributed by atoms with van der Waals surface area (Å²) in [6, 6.07) is 0. The number of carbonyl (C=O) groups excluding carboxylic acids is 1.